The highest BCUT2D eigenvalue weighted by atomic mass is 32.7. The molecule has 3 nitrogen and oxygen atoms in total. The molecule has 0 saturated carbocycles. The van der Waals surface area contributed by atoms with Crippen molar-refractivity contribution in [3.63, 3.8) is 0 Å². The molecule has 0 aliphatic rings. The van der Waals surface area contributed by atoms with Crippen LogP contribution in [0.25, 0.3) is 0 Å². The zero-order valence-electron chi connectivity index (χ0n) is 7.41. The Labute approximate surface area is 72.9 Å². The van der Waals surface area contributed by atoms with Crippen molar-refractivity contribution >= 4 is 18.0 Å². The maximum Gasteiger partial charge on any atom is 0.266 e. The van der Waals surface area contributed by atoms with Crippen LogP contribution in [0, 0.1) is 0 Å². The first-order valence-corrected chi connectivity index (χ1v) is 7.19. The van der Waals surface area contributed by atoms with E-state index in [2.05, 4.69) is 0 Å². The van der Waals surface area contributed by atoms with Gasteiger partial charge in [0.1, 0.15) is 0 Å². The first-order chi connectivity index (χ1) is 5.08. The Balaban J connectivity index is 4.13. The van der Waals surface area contributed by atoms with Crippen molar-refractivity contribution in [1.82, 2.24) is 4.67 Å². The lowest BCUT2D eigenvalue weighted by molar-refractivity contribution is 0.456. The summed E-state index contributed by atoms with van der Waals surface area (Å²) < 4.78 is 13.5. The van der Waals surface area contributed by atoms with Gasteiger partial charge in [0, 0.05) is 13.1 Å². The summed E-state index contributed by atoms with van der Waals surface area (Å²) in [5, 5.41) is 0. The molecule has 0 heterocycles. The summed E-state index contributed by atoms with van der Waals surface area (Å²) in [7, 11) is 0. The second-order valence-corrected chi connectivity index (χ2v) is 6.99. The number of rotatable bonds is 5. The average molecular weight is 196 g/mol. The first kappa shape index (κ1) is 11.5. The second-order valence-electron chi connectivity index (χ2n) is 2.12. The third kappa shape index (κ3) is 3.61. The molecule has 2 N–H and O–H groups in total. The van der Waals surface area contributed by atoms with Gasteiger partial charge in [-0.25, -0.2) is 4.67 Å². The molecule has 68 valence electrons. The molecular formula is C6H17N2OPS. The molecule has 0 bridgehead atoms. The number of nitrogens with zero attached hydrogens (tertiary/aromatic N) is 1. The average Bonchev–Trinajstić information content (AvgIpc) is 1.89. The van der Waals surface area contributed by atoms with Gasteiger partial charge in [0.15, 0.2) is 0 Å². The van der Waals surface area contributed by atoms with E-state index in [0.29, 0.717) is 0 Å². The van der Waals surface area contributed by atoms with E-state index < -0.39 is 6.65 Å². The largest absolute Gasteiger partial charge is 0.277 e. The minimum Gasteiger partial charge on any atom is -0.277 e. The summed E-state index contributed by atoms with van der Waals surface area (Å²) in [6.07, 6.45) is 0. The van der Waals surface area contributed by atoms with Crippen LogP contribution in [-0.4, -0.2) is 23.5 Å². The molecule has 0 aliphatic carbocycles. The van der Waals surface area contributed by atoms with E-state index in [-0.39, 0.29) is 0 Å². The molecule has 0 aromatic rings. The van der Waals surface area contributed by atoms with E-state index >= 15 is 0 Å². The summed E-state index contributed by atoms with van der Waals surface area (Å²) in [5.74, 6) is 0.810. The summed E-state index contributed by atoms with van der Waals surface area (Å²) in [6.45, 7) is 4.88. The van der Waals surface area contributed by atoms with Crippen molar-refractivity contribution in [2.45, 2.75) is 20.8 Å². The third-order valence-corrected chi connectivity index (χ3v) is 6.00. The Morgan fingerprint density at radius 1 is 1.36 bits per heavy atom. The molecule has 0 saturated heterocycles. The summed E-state index contributed by atoms with van der Waals surface area (Å²) in [4.78, 5) is 0. The van der Waals surface area contributed by atoms with Gasteiger partial charge in [-0.05, 0) is 5.75 Å². The summed E-state index contributed by atoms with van der Waals surface area (Å²) in [5.41, 5.74) is 5.64. The van der Waals surface area contributed by atoms with Gasteiger partial charge in [0.05, 0.1) is 0 Å². The predicted octanol–water partition coefficient (Wildman–Crippen LogP) is 2.15. The molecule has 5 heteroatoms. The van der Waals surface area contributed by atoms with Gasteiger partial charge in [0.2, 0.25) is 0 Å². The zero-order valence-corrected chi connectivity index (χ0v) is 9.12. The monoisotopic (exact) mass is 196 g/mol. The van der Waals surface area contributed by atoms with Crippen LogP contribution in [0.5, 0.6) is 0 Å². The molecular weight excluding hydrogens is 179 g/mol. The van der Waals surface area contributed by atoms with Gasteiger partial charge in [-0.1, -0.05) is 32.2 Å². The molecule has 0 aliphatic heterocycles. The highest BCUT2D eigenvalue weighted by Crippen LogP contribution is 2.53. The summed E-state index contributed by atoms with van der Waals surface area (Å²) >= 11 is 1.35. The van der Waals surface area contributed by atoms with Crippen LogP contribution in [0.15, 0.2) is 0 Å². The number of nitrogens with two attached hydrogens (primary N) is 1. The highest BCUT2D eigenvalue weighted by molar-refractivity contribution is 8.56. The maximum atomic E-state index is 11.6. The van der Waals surface area contributed by atoms with Crippen LogP contribution in [0.3, 0.4) is 0 Å². The molecule has 0 fully saturated rings. The fourth-order valence-corrected chi connectivity index (χ4v) is 4.50. The van der Waals surface area contributed by atoms with E-state index in [9.17, 15) is 4.57 Å². The normalized spacial score (nSPS) is 16.8. The minimum absolute atomic E-state index is 0.761. The lowest BCUT2D eigenvalue weighted by atomic mass is 10.7. The Kier molecular flexibility index (Phi) is 5.44. The van der Waals surface area contributed by atoms with E-state index in [1.54, 1.807) is 0 Å². The van der Waals surface area contributed by atoms with Crippen LogP contribution >= 0.6 is 18.0 Å². The van der Waals surface area contributed by atoms with E-state index in [4.69, 9.17) is 5.50 Å². The first-order valence-electron chi connectivity index (χ1n) is 3.87. The van der Waals surface area contributed by atoms with Crippen LogP contribution in [-0.2, 0) is 4.57 Å². The van der Waals surface area contributed by atoms with Gasteiger partial charge < -0.3 is 0 Å². The Morgan fingerprint density at radius 3 is 2.09 bits per heavy atom. The molecule has 0 radical (unpaired) electrons. The molecule has 0 spiro atoms. The summed E-state index contributed by atoms with van der Waals surface area (Å²) in [6, 6.07) is 0. The van der Waals surface area contributed by atoms with Crippen molar-refractivity contribution in [2.75, 3.05) is 18.8 Å². The van der Waals surface area contributed by atoms with Crippen LogP contribution < -0.4 is 5.50 Å². The van der Waals surface area contributed by atoms with Crippen molar-refractivity contribution in [1.29, 1.82) is 0 Å². The molecule has 0 rings (SSSR count). The van der Waals surface area contributed by atoms with Crippen molar-refractivity contribution in [3.05, 3.63) is 0 Å². The predicted molar refractivity (Wildman–Crippen MR) is 52.8 cm³/mol. The van der Waals surface area contributed by atoms with Gasteiger partial charge in [-0.3, -0.25) is 10.1 Å². The third-order valence-electron chi connectivity index (χ3n) is 1.44. The maximum absolute atomic E-state index is 11.6. The molecule has 0 amide bonds. The van der Waals surface area contributed by atoms with Crippen LogP contribution in [0.2, 0.25) is 0 Å². The molecule has 0 aromatic carbocycles. The van der Waals surface area contributed by atoms with E-state index in [1.165, 1.54) is 11.4 Å². The van der Waals surface area contributed by atoms with E-state index in [1.807, 2.05) is 25.4 Å². The zero-order chi connectivity index (χ0) is 8.91. The van der Waals surface area contributed by atoms with Gasteiger partial charge in [0.25, 0.3) is 6.65 Å². The topological polar surface area (TPSA) is 46.3 Å². The fraction of sp³-hybridized carbons (Fsp3) is 1.00. The van der Waals surface area contributed by atoms with Gasteiger partial charge in [-0.2, -0.15) is 0 Å². The standard InChI is InChI=1S/C6H17N2OPS/c1-4-8(5-2)10(7,9)11-6-3/h4-6H2,1-3H3,(H2,7,9). The Bertz CT molecular complexity index is 150. The van der Waals surface area contributed by atoms with E-state index in [0.717, 1.165) is 18.8 Å². The van der Waals surface area contributed by atoms with Crippen LogP contribution in [0.4, 0.5) is 0 Å². The molecule has 11 heavy (non-hydrogen) atoms. The Morgan fingerprint density at radius 2 is 1.82 bits per heavy atom. The number of hydrogen-bond acceptors (Lipinski definition) is 2. The van der Waals surface area contributed by atoms with Crippen molar-refractivity contribution in [2.24, 2.45) is 5.50 Å². The smallest absolute Gasteiger partial charge is 0.266 e. The molecule has 1 atom stereocenters. The van der Waals surface area contributed by atoms with Crippen molar-refractivity contribution in [3.8, 4) is 0 Å². The highest BCUT2D eigenvalue weighted by Gasteiger charge is 2.22. The van der Waals surface area contributed by atoms with Gasteiger partial charge >= 0.3 is 0 Å². The second kappa shape index (κ2) is 5.20. The Hall–Kier alpha value is 0.500. The number of hydrogen-bond donors (Lipinski definition) is 1. The fourth-order valence-electron chi connectivity index (χ4n) is 0.884. The SMILES string of the molecule is CCSP(N)(=O)N(CC)CC. The minimum atomic E-state index is -2.55. The van der Waals surface area contributed by atoms with Gasteiger partial charge in [-0.15, -0.1) is 0 Å². The van der Waals surface area contributed by atoms with Crippen LogP contribution in [0.1, 0.15) is 20.8 Å². The quantitative estimate of drug-likeness (QED) is 0.684. The lowest BCUT2D eigenvalue weighted by Gasteiger charge is -2.24. The van der Waals surface area contributed by atoms with Crippen molar-refractivity contribution < 1.29 is 4.57 Å². The molecule has 1 unspecified atom stereocenters. The molecule has 0 aromatic heterocycles. The lowest BCUT2D eigenvalue weighted by Crippen LogP contribution is -2.22.